The Balaban J connectivity index is 0.00000243. The molecule has 4 heteroatoms. The van der Waals surface area contributed by atoms with Gasteiger partial charge < -0.3 is 9.84 Å². The molecule has 26 heavy (non-hydrogen) atoms. The number of halogens is 1. The Morgan fingerprint density at radius 3 is 2.62 bits per heavy atom. The van der Waals surface area contributed by atoms with E-state index in [2.05, 4.69) is 38.1 Å². The van der Waals surface area contributed by atoms with Crippen LogP contribution in [0.1, 0.15) is 29.5 Å². The Labute approximate surface area is 187 Å². The first-order chi connectivity index (χ1) is 12.1. The van der Waals surface area contributed by atoms with E-state index >= 15 is 0 Å². The molecule has 137 valence electrons. The first-order valence-corrected chi connectivity index (χ1v) is 9.46. The van der Waals surface area contributed by atoms with Gasteiger partial charge in [-0.1, -0.05) is 18.6 Å². The summed E-state index contributed by atoms with van der Waals surface area (Å²) in [6.45, 7) is 4.73. The van der Waals surface area contributed by atoms with E-state index in [4.69, 9.17) is 16.3 Å². The quantitative estimate of drug-likeness (QED) is 0.514. The Morgan fingerprint density at radius 1 is 1.15 bits per heavy atom. The maximum Gasteiger partial charge on any atom is 0.122 e. The van der Waals surface area contributed by atoms with Crippen LogP contribution >= 0.6 is 11.6 Å². The summed E-state index contributed by atoms with van der Waals surface area (Å²) in [6.07, 6.45) is 2.18. The van der Waals surface area contributed by atoms with Gasteiger partial charge in [0.15, 0.2) is 0 Å². The molecule has 4 atom stereocenters. The molecule has 0 saturated heterocycles. The van der Waals surface area contributed by atoms with Gasteiger partial charge in [0.25, 0.3) is 0 Å². The summed E-state index contributed by atoms with van der Waals surface area (Å²) >= 11 is 6.54. The second kappa shape index (κ2) is 10.2. The smallest absolute Gasteiger partial charge is 0.122 e. The maximum atomic E-state index is 10.5. The third-order valence-corrected chi connectivity index (χ3v) is 6.02. The van der Waals surface area contributed by atoms with Gasteiger partial charge in [0, 0.05) is 44.0 Å². The molecule has 0 heterocycles. The number of benzene rings is 2. The van der Waals surface area contributed by atoms with Crippen LogP contribution < -0.4 is 4.74 Å². The molecular formula is C22H26ClO2Y-. The zero-order valence-corrected chi connectivity index (χ0v) is 19.1. The minimum atomic E-state index is -0.343. The van der Waals surface area contributed by atoms with Crippen LogP contribution in [0.25, 0.3) is 0 Å². The van der Waals surface area contributed by atoms with Gasteiger partial charge in [0.05, 0.1) is 12.7 Å². The van der Waals surface area contributed by atoms with E-state index in [0.29, 0.717) is 13.0 Å². The van der Waals surface area contributed by atoms with Crippen LogP contribution in [-0.4, -0.2) is 23.2 Å². The second-order valence-electron chi connectivity index (χ2n) is 7.10. The van der Waals surface area contributed by atoms with E-state index in [0.717, 1.165) is 18.6 Å². The predicted molar refractivity (Wildman–Crippen MR) is 102 cm³/mol. The van der Waals surface area contributed by atoms with Gasteiger partial charge in [-0.3, -0.25) is 0 Å². The molecule has 2 nitrogen and oxygen atoms in total. The minimum Gasteiger partial charge on any atom is -0.493 e. The van der Waals surface area contributed by atoms with Crippen molar-refractivity contribution < 1.29 is 42.6 Å². The van der Waals surface area contributed by atoms with Crippen LogP contribution in [-0.2, 0) is 39.1 Å². The minimum absolute atomic E-state index is 0. The molecule has 3 rings (SSSR count). The second-order valence-corrected chi connectivity index (χ2v) is 7.66. The molecule has 1 saturated carbocycles. The molecule has 0 amide bonds. The molecule has 0 aromatic heterocycles. The van der Waals surface area contributed by atoms with Crippen molar-refractivity contribution in [3.8, 4) is 5.75 Å². The average molecular weight is 447 g/mol. The molecule has 2 unspecified atom stereocenters. The van der Waals surface area contributed by atoms with Crippen LogP contribution in [0.15, 0.2) is 42.5 Å². The van der Waals surface area contributed by atoms with Gasteiger partial charge in [-0.15, -0.1) is 11.6 Å². The fraction of sp³-hybridized carbons (Fsp3) is 0.455. The predicted octanol–water partition coefficient (Wildman–Crippen LogP) is 4.72. The summed E-state index contributed by atoms with van der Waals surface area (Å²) in [4.78, 5) is 0. The van der Waals surface area contributed by atoms with Crippen LogP contribution in [0.3, 0.4) is 0 Å². The average Bonchev–Trinajstić information content (AvgIpc) is 2.88. The van der Waals surface area contributed by atoms with Gasteiger partial charge in [0.1, 0.15) is 5.75 Å². The number of aliphatic hydroxyl groups is 1. The molecule has 1 aliphatic carbocycles. The first-order valence-electron chi connectivity index (χ1n) is 9.02. The van der Waals surface area contributed by atoms with E-state index in [1.807, 2.05) is 24.3 Å². The van der Waals surface area contributed by atoms with E-state index < -0.39 is 0 Å². The molecule has 1 radical (unpaired) electrons. The van der Waals surface area contributed by atoms with Crippen LogP contribution in [0.5, 0.6) is 5.75 Å². The summed E-state index contributed by atoms with van der Waals surface area (Å²) in [7, 11) is 0. The van der Waals surface area contributed by atoms with E-state index in [9.17, 15) is 5.11 Å². The summed E-state index contributed by atoms with van der Waals surface area (Å²) < 4.78 is 6.10. The number of rotatable bonds is 6. The Hall–Kier alpha value is -0.406. The van der Waals surface area contributed by atoms with Crippen molar-refractivity contribution in [3.63, 3.8) is 0 Å². The van der Waals surface area contributed by atoms with Crippen molar-refractivity contribution in [2.45, 2.75) is 44.6 Å². The third kappa shape index (κ3) is 5.32. The summed E-state index contributed by atoms with van der Waals surface area (Å²) in [5.41, 5.74) is 3.67. The van der Waals surface area contributed by atoms with Crippen molar-refractivity contribution >= 4 is 11.6 Å². The standard InChI is InChI=1S/C22H26ClO2.Y/c1-15-7-6-10-22(16(15)2)25-14-19-18(21(24)13-20(19)23)12-11-17-8-4-3-5-9-17;/h4-10,18-21,24H,11-14H2,1-2H3;/q-1;/t18-,19-,20?,21?;/m1./s1. The molecule has 0 spiro atoms. The van der Waals surface area contributed by atoms with Gasteiger partial charge in [-0.05, 0) is 49.8 Å². The molecule has 2 aromatic rings. The van der Waals surface area contributed by atoms with Gasteiger partial charge >= 0.3 is 0 Å². The molecule has 1 fully saturated rings. The molecule has 0 bridgehead atoms. The Kier molecular flexibility index (Phi) is 8.61. The van der Waals surface area contributed by atoms with Crippen LogP contribution in [0, 0.1) is 31.7 Å². The molecular weight excluding hydrogens is 421 g/mol. The first kappa shape index (κ1) is 21.9. The summed E-state index contributed by atoms with van der Waals surface area (Å²) in [5, 5.41) is 10.4. The fourth-order valence-electron chi connectivity index (χ4n) is 3.76. The molecule has 1 aliphatic rings. The third-order valence-electron chi connectivity index (χ3n) is 5.52. The van der Waals surface area contributed by atoms with Gasteiger partial charge in [-0.25, -0.2) is 0 Å². The zero-order chi connectivity index (χ0) is 17.8. The topological polar surface area (TPSA) is 29.5 Å². The molecule has 2 aromatic carbocycles. The fourth-order valence-corrected chi connectivity index (χ4v) is 4.20. The summed E-state index contributed by atoms with van der Waals surface area (Å²) in [5.74, 6) is 1.27. The van der Waals surface area contributed by atoms with E-state index in [1.165, 1.54) is 16.7 Å². The Morgan fingerprint density at radius 2 is 1.88 bits per heavy atom. The SMILES string of the molecule is Cc1cccc(OC[C@H]2C(Cl)CC(O)[C@@H]2CCc2cc[c-]cc2)c1C.[Y]. The zero-order valence-electron chi connectivity index (χ0n) is 15.5. The number of hydrogen-bond donors (Lipinski definition) is 1. The Bertz CT molecular complexity index is 692. The largest absolute Gasteiger partial charge is 0.493 e. The van der Waals surface area contributed by atoms with E-state index in [1.54, 1.807) is 0 Å². The number of aliphatic hydroxyl groups excluding tert-OH is 1. The van der Waals surface area contributed by atoms with Gasteiger partial charge in [-0.2, -0.15) is 35.9 Å². The number of aryl methyl sites for hydroxylation is 2. The normalized spacial score (nSPS) is 24.9. The van der Waals surface area contributed by atoms with Crippen molar-refractivity contribution in [2.24, 2.45) is 11.8 Å². The summed E-state index contributed by atoms with van der Waals surface area (Å²) in [6, 6.07) is 17.2. The van der Waals surface area contributed by atoms with Crippen LogP contribution in [0.2, 0.25) is 0 Å². The van der Waals surface area contributed by atoms with Crippen molar-refractivity contribution in [1.29, 1.82) is 0 Å². The van der Waals surface area contributed by atoms with Crippen molar-refractivity contribution in [2.75, 3.05) is 6.61 Å². The monoisotopic (exact) mass is 446 g/mol. The number of ether oxygens (including phenoxy) is 1. The van der Waals surface area contributed by atoms with Crippen molar-refractivity contribution in [1.82, 2.24) is 0 Å². The maximum absolute atomic E-state index is 10.5. The van der Waals surface area contributed by atoms with E-state index in [-0.39, 0.29) is 56.0 Å². The number of alkyl halides is 1. The van der Waals surface area contributed by atoms with Crippen molar-refractivity contribution in [3.05, 3.63) is 65.2 Å². The number of hydrogen-bond acceptors (Lipinski definition) is 2. The van der Waals surface area contributed by atoms with Gasteiger partial charge in [0.2, 0.25) is 0 Å². The van der Waals surface area contributed by atoms with Crippen LogP contribution in [0.4, 0.5) is 0 Å². The molecule has 1 N–H and O–H groups in total. The molecule has 0 aliphatic heterocycles.